The molecule has 0 spiro atoms. The van der Waals surface area contributed by atoms with Gasteiger partial charge in [-0.1, -0.05) is 41.4 Å². The molecular weight excluding hydrogens is 506 g/mol. The number of rotatable bonds is 3. The monoisotopic (exact) mass is 516 g/mol. The highest BCUT2D eigenvalue weighted by Crippen LogP contribution is 2.34. The zero-order valence-electron chi connectivity index (χ0n) is 13.1. The Morgan fingerprint density at radius 1 is 1.04 bits per heavy atom. The van der Waals surface area contributed by atoms with Crippen LogP contribution in [0.15, 0.2) is 59.0 Å². The molecule has 8 heteroatoms. The van der Waals surface area contributed by atoms with Crippen molar-refractivity contribution in [3.63, 3.8) is 0 Å². The van der Waals surface area contributed by atoms with E-state index in [-0.39, 0.29) is 10.9 Å². The van der Waals surface area contributed by atoms with Crippen LogP contribution in [0, 0.1) is 3.57 Å². The summed E-state index contributed by atoms with van der Waals surface area (Å²) >= 11 is 19.6. The van der Waals surface area contributed by atoms with E-state index in [0.717, 1.165) is 9.26 Å². The molecule has 1 aromatic heterocycles. The summed E-state index contributed by atoms with van der Waals surface area (Å²) in [6, 6.07) is 16.0. The molecule has 0 aliphatic heterocycles. The van der Waals surface area contributed by atoms with Gasteiger partial charge in [-0.25, -0.2) is 0 Å². The number of para-hydroxylation sites is 1. The first-order valence-electron chi connectivity index (χ1n) is 7.37. The van der Waals surface area contributed by atoms with Crippen LogP contribution in [0.5, 0.6) is 0 Å². The number of carbonyl (C=O) groups excluding carboxylic acids is 1. The molecule has 0 aliphatic carbocycles. The van der Waals surface area contributed by atoms with Gasteiger partial charge < -0.3 is 9.73 Å². The van der Waals surface area contributed by atoms with E-state index >= 15 is 0 Å². The molecule has 0 atom stereocenters. The number of halogens is 3. The second-order valence-electron chi connectivity index (χ2n) is 5.15. The van der Waals surface area contributed by atoms with E-state index in [9.17, 15) is 4.79 Å². The van der Waals surface area contributed by atoms with Crippen molar-refractivity contribution >= 4 is 74.7 Å². The van der Waals surface area contributed by atoms with Crippen LogP contribution >= 0.6 is 58.0 Å². The fourth-order valence-corrected chi connectivity index (χ4v) is 3.30. The van der Waals surface area contributed by atoms with Gasteiger partial charge in [0.1, 0.15) is 5.76 Å². The van der Waals surface area contributed by atoms with Crippen LogP contribution in [0.2, 0.25) is 10.0 Å². The molecule has 0 fully saturated rings. The molecular formula is C18H11Cl2IN2O2S. The molecule has 2 aromatic carbocycles. The van der Waals surface area contributed by atoms with E-state index in [2.05, 4.69) is 33.2 Å². The lowest BCUT2D eigenvalue weighted by Crippen LogP contribution is -2.34. The fraction of sp³-hybridized carbons (Fsp3) is 0. The zero-order chi connectivity index (χ0) is 18.7. The molecule has 0 aliphatic rings. The highest BCUT2D eigenvalue weighted by atomic mass is 127. The number of nitrogens with one attached hydrogen (secondary N) is 2. The Bertz CT molecular complexity index is 991. The van der Waals surface area contributed by atoms with Gasteiger partial charge in [-0.05, 0) is 71.2 Å². The molecule has 2 N–H and O–H groups in total. The average Bonchev–Trinajstić information content (AvgIpc) is 3.09. The Balaban J connectivity index is 1.71. The summed E-state index contributed by atoms with van der Waals surface area (Å²) in [6.07, 6.45) is 0. The van der Waals surface area contributed by atoms with Crippen LogP contribution in [0.25, 0.3) is 11.3 Å². The maximum atomic E-state index is 12.3. The van der Waals surface area contributed by atoms with Crippen LogP contribution in [0.3, 0.4) is 0 Å². The van der Waals surface area contributed by atoms with Crippen molar-refractivity contribution in [2.45, 2.75) is 0 Å². The third-order valence-electron chi connectivity index (χ3n) is 3.40. The van der Waals surface area contributed by atoms with E-state index in [4.69, 9.17) is 39.8 Å². The number of amides is 1. The first-order valence-corrected chi connectivity index (χ1v) is 9.61. The van der Waals surface area contributed by atoms with Crippen molar-refractivity contribution in [2.24, 2.45) is 0 Å². The Morgan fingerprint density at radius 2 is 1.81 bits per heavy atom. The second-order valence-corrected chi connectivity index (χ2v) is 7.51. The van der Waals surface area contributed by atoms with Crippen molar-refractivity contribution in [3.8, 4) is 11.3 Å². The van der Waals surface area contributed by atoms with Gasteiger partial charge in [0.25, 0.3) is 5.91 Å². The summed E-state index contributed by atoms with van der Waals surface area (Å²) in [5, 5.41) is 6.52. The quantitative estimate of drug-likeness (QED) is 0.332. The van der Waals surface area contributed by atoms with Gasteiger partial charge >= 0.3 is 0 Å². The molecule has 4 nitrogen and oxygen atoms in total. The molecule has 0 radical (unpaired) electrons. The number of benzene rings is 2. The number of furan rings is 1. The van der Waals surface area contributed by atoms with Crippen LogP contribution in [0.4, 0.5) is 5.69 Å². The summed E-state index contributed by atoms with van der Waals surface area (Å²) in [7, 11) is 0. The Morgan fingerprint density at radius 3 is 2.58 bits per heavy atom. The molecule has 3 rings (SSSR count). The topological polar surface area (TPSA) is 54.3 Å². The molecule has 0 bridgehead atoms. The lowest BCUT2D eigenvalue weighted by Gasteiger charge is -2.10. The van der Waals surface area contributed by atoms with Gasteiger partial charge in [-0.3, -0.25) is 10.1 Å². The van der Waals surface area contributed by atoms with Gasteiger partial charge in [-0.2, -0.15) is 0 Å². The molecule has 1 heterocycles. The fourth-order valence-electron chi connectivity index (χ4n) is 2.18. The van der Waals surface area contributed by atoms with Gasteiger partial charge in [0.2, 0.25) is 0 Å². The molecule has 0 saturated carbocycles. The lowest BCUT2D eigenvalue weighted by atomic mass is 10.2. The SMILES string of the molecule is O=C(NC(=S)Nc1ccccc1I)c1ccc(-c2cccc(Cl)c2Cl)o1. The van der Waals surface area contributed by atoms with E-state index in [1.165, 1.54) is 0 Å². The molecule has 0 unspecified atom stereocenters. The number of anilines is 1. The van der Waals surface area contributed by atoms with E-state index in [1.54, 1.807) is 30.3 Å². The van der Waals surface area contributed by atoms with Crippen LogP contribution < -0.4 is 10.6 Å². The maximum absolute atomic E-state index is 12.3. The standard InChI is InChI=1S/C18H11Cl2IN2O2S/c19-11-5-3-4-10(16(11)20)14-8-9-15(25-14)17(24)23-18(26)22-13-7-2-1-6-12(13)21/h1-9H,(H2,22,23,24,26). The van der Waals surface area contributed by atoms with E-state index < -0.39 is 5.91 Å². The first kappa shape index (κ1) is 19.2. The smallest absolute Gasteiger partial charge is 0.293 e. The Labute approximate surface area is 179 Å². The third-order valence-corrected chi connectivity index (χ3v) is 5.36. The lowest BCUT2D eigenvalue weighted by molar-refractivity contribution is 0.0951. The van der Waals surface area contributed by atoms with Crippen LogP contribution in [-0.4, -0.2) is 11.0 Å². The number of hydrogen-bond donors (Lipinski definition) is 2. The minimum atomic E-state index is -0.460. The number of thiocarbonyl (C=S) groups is 1. The Hall–Kier alpha value is -1.61. The maximum Gasteiger partial charge on any atom is 0.293 e. The summed E-state index contributed by atoms with van der Waals surface area (Å²) in [5.41, 5.74) is 1.42. The molecule has 132 valence electrons. The second kappa shape index (κ2) is 8.39. The van der Waals surface area contributed by atoms with Crippen molar-refractivity contribution in [1.29, 1.82) is 0 Å². The normalized spacial score (nSPS) is 10.4. The van der Waals surface area contributed by atoms with Crippen LogP contribution in [-0.2, 0) is 0 Å². The summed E-state index contributed by atoms with van der Waals surface area (Å²) in [4.78, 5) is 12.3. The molecule has 3 aromatic rings. The first-order chi connectivity index (χ1) is 12.5. The molecule has 1 amide bonds. The van der Waals surface area contributed by atoms with Gasteiger partial charge in [0.05, 0.1) is 15.7 Å². The summed E-state index contributed by atoms with van der Waals surface area (Å²) in [6.45, 7) is 0. The molecule has 26 heavy (non-hydrogen) atoms. The van der Waals surface area contributed by atoms with Crippen LogP contribution in [0.1, 0.15) is 10.6 Å². The largest absolute Gasteiger partial charge is 0.451 e. The summed E-state index contributed by atoms with van der Waals surface area (Å²) in [5.74, 6) is 0.0972. The van der Waals surface area contributed by atoms with Crippen molar-refractivity contribution < 1.29 is 9.21 Å². The van der Waals surface area contributed by atoms with Gasteiger partial charge in [0, 0.05) is 9.13 Å². The predicted octanol–water partition coefficient (Wildman–Crippen LogP) is 5.98. The number of carbonyl (C=O) groups is 1. The highest BCUT2D eigenvalue weighted by molar-refractivity contribution is 14.1. The zero-order valence-corrected chi connectivity index (χ0v) is 17.5. The molecule has 0 saturated heterocycles. The van der Waals surface area contributed by atoms with Gasteiger partial charge in [-0.15, -0.1) is 0 Å². The minimum absolute atomic E-state index is 0.114. The average molecular weight is 517 g/mol. The van der Waals surface area contributed by atoms with Gasteiger partial charge in [0.15, 0.2) is 10.9 Å². The van der Waals surface area contributed by atoms with Crippen molar-refractivity contribution in [1.82, 2.24) is 5.32 Å². The third kappa shape index (κ3) is 4.37. The van der Waals surface area contributed by atoms with E-state index in [1.807, 2.05) is 24.3 Å². The number of hydrogen-bond acceptors (Lipinski definition) is 3. The van der Waals surface area contributed by atoms with E-state index in [0.29, 0.717) is 21.4 Å². The Kier molecular flexibility index (Phi) is 6.18. The van der Waals surface area contributed by atoms with Crippen molar-refractivity contribution in [3.05, 3.63) is 74.0 Å². The summed E-state index contributed by atoms with van der Waals surface area (Å²) < 4.78 is 6.58. The predicted molar refractivity (Wildman–Crippen MR) is 117 cm³/mol. The van der Waals surface area contributed by atoms with Crippen molar-refractivity contribution in [2.75, 3.05) is 5.32 Å². The minimum Gasteiger partial charge on any atom is -0.451 e. The highest BCUT2D eigenvalue weighted by Gasteiger charge is 2.16.